The number of anilines is 1. The van der Waals surface area contributed by atoms with Gasteiger partial charge in [0.1, 0.15) is 5.82 Å². The van der Waals surface area contributed by atoms with Crippen LogP contribution in [0.3, 0.4) is 0 Å². The third-order valence-corrected chi connectivity index (χ3v) is 4.94. The highest BCUT2D eigenvalue weighted by molar-refractivity contribution is 7.88. The van der Waals surface area contributed by atoms with E-state index in [1.807, 2.05) is 4.90 Å². The number of piperazine rings is 1. The summed E-state index contributed by atoms with van der Waals surface area (Å²) in [6, 6.07) is 1.55. The quantitative estimate of drug-likeness (QED) is 0.346. The van der Waals surface area contributed by atoms with E-state index in [-0.39, 0.29) is 10.9 Å². The number of halogens is 1. The van der Waals surface area contributed by atoms with Gasteiger partial charge in [-0.1, -0.05) is 16.8 Å². The van der Waals surface area contributed by atoms with Crippen LogP contribution >= 0.6 is 11.6 Å². The van der Waals surface area contributed by atoms with Crippen molar-refractivity contribution in [3.8, 4) is 0 Å². The molecule has 0 bridgehead atoms. The lowest BCUT2D eigenvalue weighted by Crippen LogP contribution is -2.48. The summed E-state index contributed by atoms with van der Waals surface area (Å²) < 4.78 is 24.4. The Morgan fingerprint density at radius 1 is 1.43 bits per heavy atom. The van der Waals surface area contributed by atoms with Gasteiger partial charge in [-0.25, -0.2) is 13.4 Å². The standard InChI is InChI=1S/C11H16ClN5O3S/c1-21(19,20)17-6-4-16(5-7-17)11-9(12)8(2-3-14-11)10(13)15-18/h2-3,18H,4-7H2,1H3,(H2,13,15). The third-order valence-electron chi connectivity index (χ3n) is 3.26. The lowest BCUT2D eigenvalue weighted by Gasteiger charge is -2.34. The second-order valence-electron chi connectivity index (χ2n) is 4.63. The molecule has 10 heteroatoms. The van der Waals surface area contributed by atoms with Crippen LogP contribution in [0.2, 0.25) is 5.02 Å². The van der Waals surface area contributed by atoms with Gasteiger partial charge in [0, 0.05) is 37.9 Å². The Morgan fingerprint density at radius 3 is 2.57 bits per heavy atom. The summed E-state index contributed by atoms with van der Waals surface area (Å²) in [5.41, 5.74) is 5.94. The number of aromatic nitrogens is 1. The number of rotatable bonds is 3. The normalized spacial score (nSPS) is 18.0. The van der Waals surface area contributed by atoms with E-state index in [9.17, 15) is 8.42 Å². The SMILES string of the molecule is CS(=O)(=O)N1CCN(c2nccc(/C(N)=N/O)c2Cl)CC1. The van der Waals surface area contributed by atoms with E-state index in [1.165, 1.54) is 16.8 Å². The zero-order valence-corrected chi connectivity index (χ0v) is 13.0. The minimum absolute atomic E-state index is 0.0987. The average molecular weight is 334 g/mol. The summed E-state index contributed by atoms with van der Waals surface area (Å²) >= 11 is 6.23. The van der Waals surface area contributed by atoms with Gasteiger partial charge in [-0.2, -0.15) is 4.31 Å². The summed E-state index contributed by atoms with van der Waals surface area (Å²) in [5, 5.41) is 11.9. The number of hydrogen-bond acceptors (Lipinski definition) is 6. The average Bonchev–Trinajstić information content (AvgIpc) is 2.46. The van der Waals surface area contributed by atoms with E-state index >= 15 is 0 Å². The van der Waals surface area contributed by atoms with Crippen LogP contribution in [0.5, 0.6) is 0 Å². The molecule has 0 radical (unpaired) electrons. The smallest absolute Gasteiger partial charge is 0.211 e. The van der Waals surface area contributed by atoms with Gasteiger partial charge in [-0.3, -0.25) is 0 Å². The molecule has 1 aliphatic rings. The first-order valence-electron chi connectivity index (χ1n) is 6.17. The molecular formula is C11H16ClN5O3S. The van der Waals surface area contributed by atoms with Crippen LogP contribution in [0.1, 0.15) is 5.56 Å². The fraction of sp³-hybridized carbons (Fsp3) is 0.455. The number of pyridine rings is 1. The Morgan fingerprint density at radius 2 is 2.05 bits per heavy atom. The third kappa shape index (κ3) is 3.36. The van der Waals surface area contributed by atoms with E-state index in [0.29, 0.717) is 37.6 Å². The molecule has 2 heterocycles. The second kappa shape index (κ2) is 6.04. The molecule has 8 nitrogen and oxygen atoms in total. The fourth-order valence-corrected chi connectivity index (χ4v) is 3.29. The topological polar surface area (TPSA) is 112 Å². The van der Waals surface area contributed by atoms with Crippen molar-refractivity contribution in [3.63, 3.8) is 0 Å². The molecule has 2 rings (SSSR count). The molecule has 1 aliphatic heterocycles. The van der Waals surface area contributed by atoms with E-state index in [0.717, 1.165) is 0 Å². The minimum atomic E-state index is -3.19. The molecule has 21 heavy (non-hydrogen) atoms. The van der Waals surface area contributed by atoms with Crippen LogP contribution in [0.25, 0.3) is 0 Å². The molecule has 1 saturated heterocycles. The molecule has 1 aromatic rings. The molecule has 116 valence electrons. The highest BCUT2D eigenvalue weighted by Crippen LogP contribution is 2.27. The van der Waals surface area contributed by atoms with E-state index < -0.39 is 10.0 Å². The Kier molecular flexibility index (Phi) is 4.55. The predicted octanol–water partition coefficient (Wildman–Crippen LogP) is -0.0889. The Hall–Kier alpha value is -1.58. The maximum absolute atomic E-state index is 11.5. The summed E-state index contributed by atoms with van der Waals surface area (Å²) in [7, 11) is -3.19. The number of sulfonamides is 1. The molecule has 0 saturated carbocycles. The Balaban J connectivity index is 2.22. The maximum Gasteiger partial charge on any atom is 0.211 e. The summed E-state index contributed by atoms with van der Waals surface area (Å²) in [5.74, 6) is 0.396. The van der Waals surface area contributed by atoms with Crippen molar-refractivity contribution in [2.45, 2.75) is 0 Å². The monoisotopic (exact) mass is 333 g/mol. The van der Waals surface area contributed by atoms with Gasteiger partial charge in [0.05, 0.1) is 11.3 Å². The largest absolute Gasteiger partial charge is 0.409 e. The van der Waals surface area contributed by atoms with Crippen molar-refractivity contribution >= 4 is 33.3 Å². The highest BCUT2D eigenvalue weighted by atomic mass is 35.5. The van der Waals surface area contributed by atoms with Crippen LogP contribution in [0, 0.1) is 0 Å². The van der Waals surface area contributed by atoms with Gasteiger partial charge in [0.25, 0.3) is 0 Å². The highest BCUT2D eigenvalue weighted by Gasteiger charge is 2.26. The molecule has 0 spiro atoms. The molecule has 0 aliphatic carbocycles. The zero-order chi connectivity index (χ0) is 15.6. The van der Waals surface area contributed by atoms with Crippen LogP contribution in [-0.4, -0.2) is 61.2 Å². The fourth-order valence-electron chi connectivity index (χ4n) is 2.14. The molecule has 0 unspecified atom stereocenters. The molecule has 0 amide bonds. The first kappa shape index (κ1) is 15.8. The molecule has 3 N–H and O–H groups in total. The molecule has 0 atom stereocenters. The van der Waals surface area contributed by atoms with Gasteiger partial charge >= 0.3 is 0 Å². The summed E-state index contributed by atoms with van der Waals surface area (Å²) in [6.07, 6.45) is 2.70. The van der Waals surface area contributed by atoms with Gasteiger partial charge in [0.15, 0.2) is 5.84 Å². The van der Waals surface area contributed by atoms with Gasteiger partial charge < -0.3 is 15.8 Å². The maximum atomic E-state index is 11.5. The van der Waals surface area contributed by atoms with Crippen molar-refractivity contribution in [3.05, 3.63) is 22.8 Å². The molecular weight excluding hydrogens is 318 g/mol. The van der Waals surface area contributed by atoms with Crippen LogP contribution in [-0.2, 0) is 10.0 Å². The molecule has 1 aromatic heterocycles. The first-order chi connectivity index (χ1) is 9.84. The van der Waals surface area contributed by atoms with Crippen molar-refractivity contribution < 1.29 is 13.6 Å². The Bertz CT molecular complexity index is 656. The minimum Gasteiger partial charge on any atom is -0.409 e. The van der Waals surface area contributed by atoms with Gasteiger partial charge in [-0.05, 0) is 6.07 Å². The van der Waals surface area contributed by atoms with Gasteiger partial charge in [0.2, 0.25) is 10.0 Å². The first-order valence-corrected chi connectivity index (χ1v) is 8.39. The zero-order valence-electron chi connectivity index (χ0n) is 11.4. The number of hydrogen-bond donors (Lipinski definition) is 2. The van der Waals surface area contributed by atoms with Crippen molar-refractivity contribution in [1.82, 2.24) is 9.29 Å². The lowest BCUT2D eigenvalue weighted by atomic mass is 10.2. The Labute approximate surface area is 127 Å². The number of oxime groups is 1. The van der Waals surface area contributed by atoms with Gasteiger partial charge in [-0.15, -0.1) is 0 Å². The van der Waals surface area contributed by atoms with Crippen LogP contribution in [0.15, 0.2) is 17.4 Å². The number of nitrogens with zero attached hydrogens (tertiary/aromatic N) is 4. The number of amidine groups is 1. The van der Waals surface area contributed by atoms with E-state index in [1.54, 1.807) is 6.07 Å². The van der Waals surface area contributed by atoms with E-state index in [4.69, 9.17) is 22.5 Å². The summed E-state index contributed by atoms with van der Waals surface area (Å²) in [4.78, 5) is 6.07. The molecule has 0 aromatic carbocycles. The molecule has 1 fully saturated rings. The predicted molar refractivity (Wildman–Crippen MR) is 80.4 cm³/mol. The van der Waals surface area contributed by atoms with Crippen molar-refractivity contribution in [2.24, 2.45) is 10.9 Å². The van der Waals surface area contributed by atoms with Crippen molar-refractivity contribution in [1.29, 1.82) is 0 Å². The van der Waals surface area contributed by atoms with Crippen LogP contribution in [0.4, 0.5) is 5.82 Å². The number of nitrogens with two attached hydrogens (primary N) is 1. The lowest BCUT2D eigenvalue weighted by molar-refractivity contribution is 0.318. The van der Waals surface area contributed by atoms with E-state index in [2.05, 4.69) is 10.1 Å². The van der Waals surface area contributed by atoms with Crippen LogP contribution < -0.4 is 10.6 Å². The second-order valence-corrected chi connectivity index (χ2v) is 6.99. The summed E-state index contributed by atoms with van der Waals surface area (Å²) in [6.45, 7) is 1.67. The van der Waals surface area contributed by atoms with Crippen molar-refractivity contribution in [2.75, 3.05) is 37.3 Å².